The fourth-order valence-corrected chi connectivity index (χ4v) is 2.14. The molecule has 0 amide bonds. The molecule has 0 N–H and O–H groups in total. The molecule has 1 heterocycles. The second kappa shape index (κ2) is 5.15. The molecule has 0 saturated heterocycles. The summed E-state index contributed by atoms with van der Waals surface area (Å²) < 4.78 is 7.28. The number of hydrogen-bond acceptors (Lipinski definition) is 3. The first-order chi connectivity index (χ1) is 9.08. The zero-order valence-electron chi connectivity index (χ0n) is 11.6. The zero-order valence-corrected chi connectivity index (χ0v) is 11.6. The van der Waals surface area contributed by atoms with Crippen LogP contribution >= 0.6 is 0 Å². The number of aryl methyl sites for hydroxylation is 3. The molecule has 4 heteroatoms. The fourth-order valence-electron chi connectivity index (χ4n) is 2.14. The Hall–Kier alpha value is -2.28. The third-order valence-corrected chi connectivity index (χ3v) is 3.40. The first-order valence-electron chi connectivity index (χ1n) is 6.10. The average molecular weight is 255 g/mol. The molecule has 1 aromatic heterocycles. The highest BCUT2D eigenvalue weighted by Crippen LogP contribution is 2.32. The van der Waals surface area contributed by atoms with E-state index in [0.29, 0.717) is 0 Å². The van der Waals surface area contributed by atoms with Crippen molar-refractivity contribution >= 4 is 0 Å². The van der Waals surface area contributed by atoms with Gasteiger partial charge in [0.25, 0.3) is 0 Å². The lowest BCUT2D eigenvalue weighted by Crippen LogP contribution is -2.08. The van der Waals surface area contributed by atoms with Crippen molar-refractivity contribution in [2.24, 2.45) is 7.05 Å². The smallest absolute Gasteiger partial charge is 0.133 e. The van der Waals surface area contributed by atoms with Crippen molar-refractivity contribution < 1.29 is 4.74 Å². The van der Waals surface area contributed by atoms with Crippen molar-refractivity contribution in [3.8, 4) is 11.8 Å². The van der Waals surface area contributed by atoms with Crippen LogP contribution in [-0.4, -0.2) is 16.7 Å². The molecule has 0 aliphatic carbocycles. The van der Waals surface area contributed by atoms with Crippen LogP contribution in [0.4, 0.5) is 0 Å². The molecule has 19 heavy (non-hydrogen) atoms. The molecule has 1 aromatic carbocycles. The first-order valence-corrected chi connectivity index (χ1v) is 6.10. The number of benzene rings is 1. The van der Waals surface area contributed by atoms with Crippen molar-refractivity contribution in [1.29, 1.82) is 5.26 Å². The summed E-state index contributed by atoms with van der Waals surface area (Å²) in [6, 6.07) is 6.30. The monoisotopic (exact) mass is 255 g/mol. The van der Waals surface area contributed by atoms with Gasteiger partial charge in [0.15, 0.2) is 0 Å². The largest absolute Gasteiger partial charge is 0.496 e. The number of nitriles is 1. The van der Waals surface area contributed by atoms with E-state index in [1.807, 2.05) is 43.8 Å². The van der Waals surface area contributed by atoms with Crippen LogP contribution in [0.1, 0.15) is 28.4 Å². The maximum absolute atomic E-state index is 9.50. The zero-order chi connectivity index (χ0) is 14.0. The van der Waals surface area contributed by atoms with Crippen LogP contribution in [0.25, 0.3) is 0 Å². The van der Waals surface area contributed by atoms with E-state index in [0.717, 1.165) is 28.3 Å². The van der Waals surface area contributed by atoms with Gasteiger partial charge in [0.2, 0.25) is 0 Å². The Kier molecular flexibility index (Phi) is 3.57. The molecule has 0 spiro atoms. The molecule has 2 rings (SSSR count). The lowest BCUT2D eigenvalue weighted by atomic mass is 9.94. The van der Waals surface area contributed by atoms with E-state index in [-0.39, 0.29) is 0 Å². The maximum atomic E-state index is 9.50. The standard InChI is InChI=1S/C15H17N3O/c1-10-7-12(14(19-4)8-11(10)2)13(9-16)15-17-5-6-18(15)3/h5-8,13H,1-4H3. The van der Waals surface area contributed by atoms with Crippen LogP contribution in [0.5, 0.6) is 5.75 Å². The van der Waals surface area contributed by atoms with Crippen molar-refractivity contribution in [3.63, 3.8) is 0 Å². The van der Waals surface area contributed by atoms with Gasteiger partial charge in [0.05, 0.1) is 13.2 Å². The number of nitrogens with zero attached hydrogens (tertiary/aromatic N) is 3. The lowest BCUT2D eigenvalue weighted by molar-refractivity contribution is 0.408. The Morgan fingerprint density at radius 2 is 2.00 bits per heavy atom. The minimum atomic E-state index is -0.422. The van der Waals surface area contributed by atoms with Crippen LogP contribution in [0.15, 0.2) is 24.5 Å². The normalized spacial score (nSPS) is 11.9. The highest BCUT2D eigenvalue weighted by Gasteiger charge is 2.22. The molecule has 0 radical (unpaired) electrons. The van der Waals surface area contributed by atoms with Crippen molar-refractivity contribution in [1.82, 2.24) is 9.55 Å². The molecule has 1 unspecified atom stereocenters. The van der Waals surface area contributed by atoms with Gasteiger partial charge >= 0.3 is 0 Å². The van der Waals surface area contributed by atoms with Gasteiger partial charge in [0, 0.05) is 25.0 Å². The molecule has 4 nitrogen and oxygen atoms in total. The molecule has 0 saturated carbocycles. The van der Waals surface area contributed by atoms with Gasteiger partial charge in [-0.05, 0) is 31.0 Å². The number of aromatic nitrogens is 2. The number of imidazole rings is 1. The van der Waals surface area contributed by atoms with E-state index in [1.54, 1.807) is 13.3 Å². The highest BCUT2D eigenvalue weighted by molar-refractivity contribution is 5.48. The minimum Gasteiger partial charge on any atom is -0.496 e. The van der Waals surface area contributed by atoms with Crippen LogP contribution in [0.2, 0.25) is 0 Å². The summed E-state index contributed by atoms with van der Waals surface area (Å²) in [5.41, 5.74) is 3.16. The molecular formula is C15H17N3O. The van der Waals surface area contributed by atoms with Gasteiger partial charge in [-0.25, -0.2) is 4.98 Å². The van der Waals surface area contributed by atoms with Crippen LogP contribution in [0, 0.1) is 25.2 Å². The summed E-state index contributed by atoms with van der Waals surface area (Å²) in [4.78, 5) is 4.28. The SMILES string of the molecule is COc1cc(C)c(C)cc1C(C#N)c1nccn1C. The lowest BCUT2D eigenvalue weighted by Gasteiger charge is -2.16. The predicted molar refractivity (Wildman–Crippen MR) is 73.1 cm³/mol. The topological polar surface area (TPSA) is 50.8 Å². The van der Waals surface area contributed by atoms with Gasteiger partial charge in [-0.3, -0.25) is 0 Å². The quantitative estimate of drug-likeness (QED) is 0.847. The Balaban J connectivity index is 2.59. The Bertz CT molecular complexity index is 637. The Morgan fingerprint density at radius 1 is 1.32 bits per heavy atom. The van der Waals surface area contributed by atoms with E-state index in [2.05, 4.69) is 11.1 Å². The van der Waals surface area contributed by atoms with Crippen LogP contribution < -0.4 is 4.74 Å². The summed E-state index contributed by atoms with van der Waals surface area (Å²) in [5.74, 6) is 1.04. The van der Waals surface area contributed by atoms with E-state index in [9.17, 15) is 5.26 Å². The molecule has 2 aromatic rings. The second-order valence-electron chi connectivity index (χ2n) is 4.64. The fraction of sp³-hybridized carbons (Fsp3) is 0.333. The first kappa shape index (κ1) is 13.2. The number of ether oxygens (including phenoxy) is 1. The van der Waals surface area contributed by atoms with E-state index < -0.39 is 5.92 Å². The minimum absolute atomic E-state index is 0.422. The molecular weight excluding hydrogens is 238 g/mol. The highest BCUT2D eigenvalue weighted by atomic mass is 16.5. The van der Waals surface area contributed by atoms with E-state index >= 15 is 0 Å². The summed E-state index contributed by atoms with van der Waals surface area (Å²) in [7, 11) is 3.51. The number of hydrogen-bond donors (Lipinski definition) is 0. The molecule has 0 aliphatic rings. The molecule has 98 valence electrons. The maximum Gasteiger partial charge on any atom is 0.133 e. The molecule has 0 fully saturated rings. The summed E-state index contributed by atoms with van der Waals surface area (Å²) in [6.45, 7) is 4.06. The Labute approximate surface area is 113 Å². The second-order valence-corrected chi connectivity index (χ2v) is 4.64. The summed E-state index contributed by atoms with van der Waals surface area (Å²) in [5, 5.41) is 9.50. The third-order valence-electron chi connectivity index (χ3n) is 3.40. The van der Waals surface area contributed by atoms with Gasteiger partial charge in [0.1, 0.15) is 17.5 Å². The van der Waals surface area contributed by atoms with Crippen molar-refractivity contribution in [2.45, 2.75) is 19.8 Å². The van der Waals surface area contributed by atoms with Crippen LogP contribution in [-0.2, 0) is 7.05 Å². The van der Waals surface area contributed by atoms with E-state index in [1.165, 1.54) is 0 Å². The summed E-state index contributed by atoms with van der Waals surface area (Å²) in [6.07, 6.45) is 3.54. The van der Waals surface area contributed by atoms with Crippen molar-refractivity contribution in [3.05, 3.63) is 47.0 Å². The Morgan fingerprint density at radius 3 is 2.53 bits per heavy atom. The molecule has 1 atom stereocenters. The average Bonchev–Trinajstić information content (AvgIpc) is 2.81. The number of rotatable bonds is 3. The number of methoxy groups -OCH3 is 1. The molecule has 0 aliphatic heterocycles. The van der Waals surface area contributed by atoms with Crippen molar-refractivity contribution in [2.75, 3.05) is 7.11 Å². The summed E-state index contributed by atoms with van der Waals surface area (Å²) >= 11 is 0. The van der Waals surface area contributed by atoms with Gasteiger partial charge < -0.3 is 9.30 Å². The van der Waals surface area contributed by atoms with Gasteiger partial charge in [-0.15, -0.1) is 0 Å². The van der Waals surface area contributed by atoms with Gasteiger partial charge in [-0.2, -0.15) is 5.26 Å². The van der Waals surface area contributed by atoms with E-state index in [4.69, 9.17) is 4.74 Å². The third kappa shape index (κ3) is 2.32. The van der Waals surface area contributed by atoms with Gasteiger partial charge in [-0.1, -0.05) is 6.07 Å². The van der Waals surface area contributed by atoms with Crippen LogP contribution in [0.3, 0.4) is 0 Å². The molecule has 0 bridgehead atoms. The predicted octanol–water partition coefficient (Wildman–Crippen LogP) is 2.70.